The number of rotatable bonds is 4. The second-order valence-corrected chi connectivity index (χ2v) is 17.8. The molecule has 0 unspecified atom stereocenters. The van der Waals surface area contributed by atoms with Gasteiger partial charge in [0.05, 0.1) is 11.1 Å². The van der Waals surface area contributed by atoms with E-state index in [2.05, 4.69) is 156 Å². The van der Waals surface area contributed by atoms with Crippen LogP contribution in [0.2, 0.25) is 0 Å². The van der Waals surface area contributed by atoms with E-state index >= 15 is 0 Å². The number of aromatic hydroxyl groups is 1. The first-order chi connectivity index (χ1) is 23.2. The molecule has 0 aliphatic heterocycles. The van der Waals surface area contributed by atoms with Crippen LogP contribution in [0.25, 0.3) is 56.1 Å². The molecule has 6 rings (SSSR count). The van der Waals surface area contributed by atoms with Crippen LogP contribution in [0, 0.1) is 6.07 Å². The van der Waals surface area contributed by atoms with E-state index in [0.29, 0.717) is 17.0 Å². The SMILES string of the molecule is CC(C)(C)c1ccnc(-c2[c-]c(-c3cc(C(C)(C)C)cc4oc(-c5cc(C(C)(C)C)cc(C(C)(C)C)c5O)nc34)cc(-c3ccccc3)c2)c1.[Pt]. The van der Waals surface area contributed by atoms with Gasteiger partial charge in [0.1, 0.15) is 11.3 Å². The predicted molar refractivity (Wildman–Crippen MR) is 209 cm³/mol. The van der Waals surface area contributed by atoms with Crippen LogP contribution in [0.1, 0.15) is 105 Å². The summed E-state index contributed by atoms with van der Waals surface area (Å²) in [6.07, 6.45) is 1.89. The van der Waals surface area contributed by atoms with Gasteiger partial charge >= 0.3 is 0 Å². The van der Waals surface area contributed by atoms with Crippen molar-refractivity contribution < 1.29 is 30.6 Å². The zero-order valence-corrected chi connectivity index (χ0v) is 34.4. The van der Waals surface area contributed by atoms with E-state index in [1.807, 2.05) is 18.3 Å². The Hall–Kier alpha value is -4.01. The normalized spacial score (nSPS) is 12.6. The molecule has 0 amide bonds. The molecule has 4 nitrogen and oxygen atoms in total. The molecule has 268 valence electrons. The van der Waals surface area contributed by atoms with E-state index in [0.717, 1.165) is 55.7 Å². The minimum absolute atomic E-state index is 0. The summed E-state index contributed by atoms with van der Waals surface area (Å²) in [5.41, 5.74) is 11.5. The summed E-state index contributed by atoms with van der Waals surface area (Å²) >= 11 is 0. The Balaban J connectivity index is 0.00000504. The molecule has 51 heavy (non-hydrogen) atoms. The van der Waals surface area contributed by atoms with E-state index in [-0.39, 0.29) is 48.5 Å². The fourth-order valence-corrected chi connectivity index (χ4v) is 6.28. The molecule has 6 aromatic rings. The second kappa shape index (κ2) is 13.5. The molecule has 2 heterocycles. The van der Waals surface area contributed by atoms with Crippen LogP contribution in [-0.2, 0) is 42.7 Å². The fourth-order valence-electron chi connectivity index (χ4n) is 6.28. The smallest absolute Gasteiger partial charge is 0.230 e. The molecule has 0 bridgehead atoms. The third-order valence-corrected chi connectivity index (χ3v) is 9.54. The van der Waals surface area contributed by atoms with Gasteiger partial charge in [0.15, 0.2) is 0 Å². The average Bonchev–Trinajstić information content (AvgIpc) is 3.47. The van der Waals surface area contributed by atoms with Crippen molar-refractivity contribution in [3.05, 3.63) is 113 Å². The zero-order chi connectivity index (χ0) is 36.4. The van der Waals surface area contributed by atoms with Crippen LogP contribution in [0.15, 0.2) is 89.5 Å². The average molecular weight is 859 g/mol. The van der Waals surface area contributed by atoms with Crippen LogP contribution < -0.4 is 0 Å². The van der Waals surface area contributed by atoms with Gasteiger partial charge in [-0.05, 0) is 62.1 Å². The second-order valence-electron chi connectivity index (χ2n) is 17.8. The molecule has 2 aromatic heterocycles. The molecular weight excluding hydrogens is 808 g/mol. The maximum absolute atomic E-state index is 11.8. The molecule has 0 fully saturated rings. The van der Waals surface area contributed by atoms with Crippen molar-refractivity contribution in [1.82, 2.24) is 9.97 Å². The van der Waals surface area contributed by atoms with E-state index < -0.39 is 0 Å². The standard InChI is InChI=1S/C46H51N2O2.Pt/c1-43(2,3)32-18-19-47-38(26-32)31-21-29(28-16-14-13-15-17-28)20-30(22-31)35-23-34(45(7,8)9)27-39-40(35)48-42(50-39)36-24-33(44(4,5)6)25-37(41(36)49)46(10,11)12;/h13-21,23-27,49H,1-12H3;/q-1;. The van der Waals surface area contributed by atoms with Crippen molar-refractivity contribution in [1.29, 1.82) is 0 Å². The minimum atomic E-state index is -0.280. The Morgan fingerprint density at radius 2 is 1.18 bits per heavy atom. The monoisotopic (exact) mass is 858 g/mol. The molecule has 0 saturated heterocycles. The van der Waals surface area contributed by atoms with Gasteiger partial charge in [0.25, 0.3) is 0 Å². The Morgan fingerprint density at radius 1 is 0.588 bits per heavy atom. The Bertz CT molecular complexity index is 2200. The first kappa shape index (κ1) is 38.2. The summed E-state index contributed by atoms with van der Waals surface area (Å²) in [5, 5.41) is 11.8. The molecule has 0 aliphatic rings. The Morgan fingerprint density at radius 3 is 1.78 bits per heavy atom. The van der Waals surface area contributed by atoms with Crippen molar-refractivity contribution in [3.8, 4) is 50.7 Å². The molecule has 0 spiro atoms. The van der Waals surface area contributed by atoms with Crippen LogP contribution in [-0.4, -0.2) is 15.1 Å². The first-order valence-electron chi connectivity index (χ1n) is 17.6. The van der Waals surface area contributed by atoms with Crippen LogP contribution in [0.5, 0.6) is 5.75 Å². The topological polar surface area (TPSA) is 59.2 Å². The van der Waals surface area contributed by atoms with Gasteiger partial charge in [-0.3, -0.25) is 4.98 Å². The number of pyridine rings is 1. The molecule has 0 saturated carbocycles. The van der Waals surface area contributed by atoms with E-state index in [4.69, 9.17) is 14.4 Å². The zero-order valence-electron chi connectivity index (χ0n) is 32.1. The Kier molecular flexibility index (Phi) is 10.1. The number of benzene rings is 4. The molecule has 5 heteroatoms. The number of nitrogens with zero attached hydrogens (tertiary/aromatic N) is 2. The van der Waals surface area contributed by atoms with Gasteiger partial charge in [-0.2, -0.15) is 0 Å². The van der Waals surface area contributed by atoms with Crippen molar-refractivity contribution in [2.45, 2.75) is 105 Å². The van der Waals surface area contributed by atoms with Crippen molar-refractivity contribution in [3.63, 3.8) is 0 Å². The number of aromatic nitrogens is 2. The molecular formula is C46H51N2O2Pt-. The summed E-state index contributed by atoms with van der Waals surface area (Å²) < 4.78 is 6.65. The predicted octanol–water partition coefficient (Wildman–Crippen LogP) is 12.6. The summed E-state index contributed by atoms with van der Waals surface area (Å²) in [4.78, 5) is 10.0. The summed E-state index contributed by atoms with van der Waals surface area (Å²) in [6, 6.07) is 31.3. The molecule has 0 radical (unpaired) electrons. The number of fused-ring (bicyclic) bond motifs is 1. The molecule has 1 N–H and O–H groups in total. The third-order valence-electron chi connectivity index (χ3n) is 9.54. The number of phenols is 1. The van der Waals surface area contributed by atoms with Gasteiger partial charge < -0.3 is 9.52 Å². The van der Waals surface area contributed by atoms with E-state index in [1.165, 1.54) is 5.56 Å². The minimum Gasteiger partial charge on any atom is -0.507 e. The summed E-state index contributed by atoms with van der Waals surface area (Å²) in [5.74, 6) is 0.611. The van der Waals surface area contributed by atoms with E-state index in [9.17, 15) is 5.11 Å². The molecule has 0 aliphatic carbocycles. The van der Waals surface area contributed by atoms with Gasteiger partial charge in [-0.1, -0.05) is 148 Å². The van der Waals surface area contributed by atoms with Crippen molar-refractivity contribution in [2.75, 3.05) is 0 Å². The molecule has 4 aromatic carbocycles. The van der Waals surface area contributed by atoms with Gasteiger partial charge in [0.2, 0.25) is 5.89 Å². The van der Waals surface area contributed by atoms with Crippen molar-refractivity contribution >= 4 is 11.1 Å². The quantitative estimate of drug-likeness (QED) is 0.179. The number of oxazole rings is 1. The van der Waals surface area contributed by atoms with Gasteiger partial charge in [-0.25, -0.2) is 4.98 Å². The third kappa shape index (κ3) is 7.92. The van der Waals surface area contributed by atoms with E-state index in [1.54, 1.807) is 0 Å². The van der Waals surface area contributed by atoms with Crippen LogP contribution >= 0.6 is 0 Å². The summed E-state index contributed by atoms with van der Waals surface area (Å²) in [7, 11) is 0. The fraction of sp³-hybridized carbons (Fsp3) is 0.348. The summed E-state index contributed by atoms with van der Waals surface area (Å²) in [6.45, 7) is 26.2. The number of hydrogen-bond donors (Lipinski definition) is 1. The number of phenolic OH excluding ortho intramolecular Hbond substituents is 1. The van der Waals surface area contributed by atoms with Crippen molar-refractivity contribution in [2.24, 2.45) is 0 Å². The van der Waals surface area contributed by atoms with Gasteiger partial charge in [-0.15, -0.1) is 23.8 Å². The largest absolute Gasteiger partial charge is 0.507 e. The van der Waals surface area contributed by atoms with Crippen LogP contribution in [0.3, 0.4) is 0 Å². The number of hydrogen-bond acceptors (Lipinski definition) is 4. The van der Waals surface area contributed by atoms with Crippen LogP contribution in [0.4, 0.5) is 0 Å². The van der Waals surface area contributed by atoms with Gasteiger partial charge in [0, 0.05) is 38.5 Å². The maximum atomic E-state index is 11.8. The Labute approximate surface area is 319 Å². The first-order valence-corrected chi connectivity index (χ1v) is 17.6. The molecule has 0 atom stereocenters. The maximum Gasteiger partial charge on any atom is 0.230 e.